The highest BCUT2D eigenvalue weighted by Gasteiger charge is 2.20. The highest BCUT2D eigenvalue weighted by Crippen LogP contribution is 2.22. The average Bonchev–Trinajstić information content (AvgIpc) is 2.66. The molecule has 0 aliphatic carbocycles. The number of ether oxygens (including phenoxy) is 2. The third-order valence-corrected chi connectivity index (χ3v) is 4.98. The summed E-state index contributed by atoms with van der Waals surface area (Å²) < 4.78 is 35.6. The van der Waals surface area contributed by atoms with Gasteiger partial charge >= 0.3 is 0 Å². The number of benzene rings is 2. The predicted molar refractivity (Wildman–Crippen MR) is 109 cm³/mol. The molecule has 0 bridgehead atoms. The van der Waals surface area contributed by atoms with Gasteiger partial charge in [-0.05, 0) is 37.3 Å². The quantitative estimate of drug-likeness (QED) is 0.535. The van der Waals surface area contributed by atoms with Gasteiger partial charge in [-0.15, -0.1) is 0 Å². The van der Waals surface area contributed by atoms with Crippen LogP contribution in [0.1, 0.15) is 11.1 Å². The van der Waals surface area contributed by atoms with Gasteiger partial charge in [0, 0.05) is 5.56 Å². The predicted octanol–water partition coefficient (Wildman–Crippen LogP) is 1.93. The molecule has 2 aromatic carbocycles. The van der Waals surface area contributed by atoms with Gasteiger partial charge < -0.3 is 9.47 Å². The second-order valence-corrected chi connectivity index (χ2v) is 7.91. The van der Waals surface area contributed by atoms with Gasteiger partial charge in [0.15, 0.2) is 0 Å². The van der Waals surface area contributed by atoms with Crippen molar-refractivity contribution in [3.63, 3.8) is 0 Å². The summed E-state index contributed by atoms with van der Waals surface area (Å²) >= 11 is 0. The lowest BCUT2D eigenvalue weighted by Gasteiger charge is -2.21. The SMILES string of the molecule is COc1ccc(OC)c(/C=N\NC(=O)CN(c2ccc(C)cc2)S(C)(=O)=O)c1. The van der Waals surface area contributed by atoms with Gasteiger partial charge in [0.2, 0.25) is 10.0 Å². The number of methoxy groups -OCH3 is 2. The topological polar surface area (TPSA) is 97.3 Å². The first kappa shape index (κ1) is 21.2. The van der Waals surface area contributed by atoms with E-state index in [1.54, 1.807) is 42.5 Å². The molecule has 0 saturated carbocycles. The molecule has 0 spiro atoms. The Labute approximate surface area is 164 Å². The number of hydrogen-bond acceptors (Lipinski definition) is 6. The molecule has 0 fully saturated rings. The molecule has 0 saturated heterocycles. The number of hydrogen-bond donors (Lipinski definition) is 1. The van der Waals surface area contributed by atoms with E-state index < -0.39 is 22.5 Å². The number of sulfonamides is 1. The number of hydrazone groups is 1. The normalized spacial score (nSPS) is 11.3. The molecule has 150 valence electrons. The minimum atomic E-state index is -3.64. The Kier molecular flexibility index (Phi) is 7.00. The van der Waals surface area contributed by atoms with Crippen molar-refractivity contribution in [3.8, 4) is 11.5 Å². The van der Waals surface area contributed by atoms with Gasteiger partial charge in [-0.2, -0.15) is 5.10 Å². The molecule has 9 heteroatoms. The lowest BCUT2D eigenvalue weighted by Crippen LogP contribution is -2.39. The summed E-state index contributed by atoms with van der Waals surface area (Å²) in [7, 11) is -0.584. The van der Waals surface area contributed by atoms with Crippen molar-refractivity contribution < 1.29 is 22.7 Å². The van der Waals surface area contributed by atoms with Crippen molar-refractivity contribution >= 4 is 27.8 Å². The molecule has 8 nitrogen and oxygen atoms in total. The molecular weight excluding hydrogens is 382 g/mol. The number of aryl methyl sites for hydroxylation is 1. The molecule has 2 aromatic rings. The number of carbonyl (C=O) groups is 1. The Morgan fingerprint density at radius 2 is 1.82 bits per heavy atom. The number of rotatable bonds is 8. The van der Waals surface area contributed by atoms with Crippen LogP contribution in [0.4, 0.5) is 5.69 Å². The van der Waals surface area contributed by atoms with Crippen molar-refractivity contribution in [1.29, 1.82) is 0 Å². The molecule has 2 rings (SSSR count). The van der Waals surface area contributed by atoms with Gasteiger partial charge in [0.05, 0.1) is 32.4 Å². The number of amides is 1. The van der Waals surface area contributed by atoms with E-state index in [0.29, 0.717) is 22.7 Å². The third-order valence-electron chi connectivity index (χ3n) is 3.84. The van der Waals surface area contributed by atoms with Crippen molar-refractivity contribution in [2.45, 2.75) is 6.92 Å². The third kappa shape index (κ3) is 5.71. The van der Waals surface area contributed by atoms with Crippen LogP contribution in [-0.2, 0) is 14.8 Å². The first-order valence-electron chi connectivity index (χ1n) is 8.33. The van der Waals surface area contributed by atoms with Crippen LogP contribution in [-0.4, -0.2) is 47.6 Å². The maximum Gasteiger partial charge on any atom is 0.260 e. The number of anilines is 1. The summed E-state index contributed by atoms with van der Waals surface area (Å²) in [5.74, 6) is 0.580. The van der Waals surface area contributed by atoms with Crippen LogP contribution in [0, 0.1) is 6.92 Å². The minimum Gasteiger partial charge on any atom is -0.497 e. The molecule has 0 unspecified atom stereocenters. The van der Waals surface area contributed by atoms with Crippen LogP contribution in [0.15, 0.2) is 47.6 Å². The van der Waals surface area contributed by atoms with E-state index in [1.165, 1.54) is 20.4 Å². The highest BCUT2D eigenvalue weighted by atomic mass is 32.2. The summed E-state index contributed by atoms with van der Waals surface area (Å²) in [5, 5.41) is 3.89. The van der Waals surface area contributed by atoms with E-state index in [-0.39, 0.29) is 0 Å². The van der Waals surface area contributed by atoms with E-state index >= 15 is 0 Å². The standard InChI is InChI=1S/C19H23N3O5S/c1-14-5-7-16(8-6-14)22(28(4,24)25)13-19(23)21-20-12-15-11-17(26-2)9-10-18(15)27-3/h5-12H,13H2,1-4H3,(H,21,23)/b20-12-. The number of carbonyl (C=O) groups excluding carboxylic acids is 1. The van der Waals surface area contributed by atoms with E-state index in [2.05, 4.69) is 10.5 Å². The van der Waals surface area contributed by atoms with E-state index in [9.17, 15) is 13.2 Å². The lowest BCUT2D eigenvalue weighted by atomic mass is 10.2. The Bertz CT molecular complexity index is 956. The molecule has 1 N–H and O–H groups in total. The Balaban J connectivity index is 2.11. The largest absolute Gasteiger partial charge is 0.497 e. The van der Waals surface area contributed by atoms with Crippen molar-refractivity contribution in [2.24, 2.45) is 5.10 Å². The van der Waals surface area contributed by atoms with Crippen molar-refractivity contribution in [1.82, 2.24) is 5.43 Å². The summed E-state index contributed by atoms with van der Waals surface area (Å²) in [4.78, 5) is 12.2. The minimum absolute atomic E-state index is 0.394. The van der Waals surface area contributed by atoms with E-state index in [4.69, 9.17) is 9.47 Å². The summed E-state index contributed by atoms with van der Waals surface area (Å²) in [6, 6.07) is 12.0. The Hall–Kier alpha value is -3.07. The van der Waals surface area contributed by atoms with Gasteiger partial charge in [-0.3, -0.25) is 9.10 Å². The molecule has 0 aliphatic heterocycles. The Morgan fingerprint density at radius 1 is 1.14 bits per heavy atom. The molecule has 1 amide bonds. The number of nitrogens with zero attached hydrogens (tertiary/aromatic N) is 2. The second-order valence-electron chi connectivity index (χ2n) is 6.01. The smallest absolute Gasteiger partial charge is 0.260 e. The van der Waals surface area contributed by atoms with Crippen LogP contribution in [0.3, 0.4) is 0 Å². The van der Waals surface area contributed by atoms with E-state index in [1.807, 2.05) is 6.92 Å². The van der Waals surface area contributed by atoms with Crippen molar-refractivity contribution in [2.75, 3.05) is 31.3 Å². The zero-order valence-electron chi connectivity index (χ0n) is 16.2. The summed E-state index contributed by atoms with van der Waals surface area (Å²) in [5.41, 5.74) is 4.32. The van der Waals surface area contributed by atoms with Crippen LogP contribution in [0.2, 0.25) is 0 Å². The first-order chi connectivity index (χ1) is 13.2. The fourth-order valence-corrected chi connectivity index (χ4v) is 3.25. The molecule has 0 aliphatic rings. The molecule has 0 atom stereocenters. The maximum atomic E-state index is 12.2. The fraction of sp³-hybridized carbons (Fsp3) is 0.263. The number of nitrogens with one attached hydrogen (secondary N) is 1. The monoisotopic (exact) mass is 405 g/mol. The van der Waals surface area contributed by atoms with Gasteiger partial charge in [-0.1, -0.05) is 17.7 Å². The maximum absolute atomic E-state index is 12.2. The lowest BCUT2D eigenvalue weighted by molar-refractivity contribution is -0.119. The van der Waals surface area contributed by atoms with E-state index in [0.717, 1.165) is 16.1 Å². The van der Waals surface area contributed by atoms with Gasteiger partial charge in [0.1, 0.15) is 18.0 Å². The second kappa shape index (κ2) is 9.23. The summed E-state index contributed by atoms with van der Waals surface area (Å²) in [6.07, 6.45) is 2.44. The van der Waals surface area contributed by atoms with Crippen LogP contribution >= 0.6 is 0 Å². The molecule has 0 heterocycles. The van der Waals surface area contributed by atoms with Crippen molar-refractivity contribution in [3.05, 3.63) is 53.6 Å². The van der Waals surface area contributed by atoms with Gasteiger partial charge in [-0.25, -0.2) is 13.8 Å². The van der Waals surface area contributed by atoms with Gasteiger partial charge in [0.25, 0.3) is 5.91 Å². The highest BCUT2D eigenvalue weighted by molar-refractivity contribution is 7.92. The summed E-state index contributed by atoms with van der Waals surface area (Å²) in [6.45, 7) is 1.50. The Morgan fingerprint density at radius 3 is 2.39 bits per heavy atom. The first-order valence-corrected chi connectivity index (χ1v) is 10.2. The molecule has 0 radical (unpaired) electrons. The zero-order valence-corrected chi connectivity index (χ0v) is 17.0. The molecular formula is C19H23N3O5S. The fourth-order valence-electron chi connectivity index (χ4n) is 2.39. The average molecular weight is 405 g/mol. The zero-order chi connectivity index (χ0) is 20.7. The van der Waals surface area contributed by atoms with Crippen LogP contribution in [0.25, 0.3) is 0 Å². The van der Waals surface area contributed by atoms with Crippen LogP contribution < -0.4 is 19.2 Å². The molecule has 28 heavy (non-hydrogen) atoms. The molecule has 0 aromatic heterocycles. The van der Waals surface area contributed by atoms with Crippen LogP contribution in [0.5, 0.6) is 11.5 Å².